The van der Waals surface area contributed by atoms with E-state index in [1.54, 1.807) is 13.8 Å². The molecular formula is C13H16N2O5. The number of carbonyl (C=O) groups excluding carboxylic acids is 1. The van der Waals surface area contributed by atoms with Gasteiger partial charge >= 0.3 is 0 Å². The van der Waals surface area contributed by atoms with Crippen LogP contribution in [-0.2, 0) is 9.53 Å². The first-order valence-electron chi connectivity index (χ1n) is 6.15. The maximum Gasteiger partial charge on any atom is 0.271 e. The van der Waals surface area contributed by atoms with E-state index in [0.717, 1.165) is 0 Å². The van der Waals surface area contributed by atoms with Crippen LogP contribution in [0.15, 0.2) is 18.2 Å². The highest BCUT2D eigenvalue weighted by Gasteiger charge is 2.41. The largest absolute Gasteiger partial charge is 0.476 e. The van der Waals surface area contributed by atoms with Gasteiger partial charge in [-0.3, -0.25) is 14.9 Å². The number of benzene rings is 1. The molecule has 0 unspecified atom stereocenters. The molecule has 0 aromatic heterocycles. The summed E-state index contributed by atoms with van der Waals surface area (Å²) >= 11 is 0. The lowest BCUT2D eigenvalue weighted by atomic mass is 10.0. The highest BCUT2D eigenvalue weighted by molar-refractivity contribution is 6.02. The number of anilines is 1. The quantitative estimate of drug-likeness (QED) is 0.620. The Morgan fingerprint density at radius 2 is 2.15 bits per heavy atom. The highest BCUT2D eigenvalue weighted by atomic mass is 16.6. The summed E-state index contributed by atoms with van der Waals surface area (Å²) in [4.78, 5) is 24.2. The van der Waals surface area contributed by atoms with Crippen molar-refractivity contribution in [2.45, 2.75) is 19.4 Å². The molecule has 0 fully saturated rings. The molecule has 7 nitrogen and oxygen atoms in total. The van der Waals surface area contributed by atoms with Gasteiger partial charge in [-0.1, -0.05) is 0 Å². The van der Waals surface area contributed by atoms with Crippen LogP contribution < -0.4 is 9.64 Å². The van der Waals surface area contributed by atoms with Crippen molar-refractivity contribution in [2.24, 2.45) is 0 Å². The van der Waals surface area contributed by atoms with E-state index in [1.165, 1.54) is 30.2 Å². The van der Waals surface area contributed by atoms with Gasteiger partial charge in [0.1, 0.15) is 5.75 Å². The lowest BCUT2D eigenvalue weighted by Crippen LogP contribution is -2.53. The Bertz CT molecular complexity index is 556. The Hall–Kier alpha value is -2.15. The smallest absolute Gasteiger partial charge is 0.271 e. The molecule has 0 radical (unpaired) electrons. The molecule has 0 bridgehead atoms. The van der Waals surface area contributed by atoms with Gasteiger partial charge in [0.2, 0.25) is 0 Å². The third kappa shape index (κ3) is 2.44. The summed E-state index contributed by atoms with van der Waals surface area (Å²) in [5, 5.41) is 10.9. The van der Waals surface area contributed by atoms with E-state index in [1.807, 2.05) is 0 Å². The fourth-order valence-electron chi connectivity index (χ4n) is 2.07. The van der Waals surface area contributed by atoms with Crippen molar-refractivity contribution in [3.8, 4) is 5.75 Å². The van der Waals surface area contributed by atoms with Crippen LogP contribution in [0.25, 0.3) is 0 Å². The van der Waals surface area contributed by atoms with Crippen molar-refractivity contribution >= 4 is 17.3 Å². The molecule has 0 N–H and O–H groups in total. The fourth-order valence-corrected chi connectivity index (χ4v) is 2.07. The molecule has 1 aliphatic heterocycles. The third-order valence-corrected chi connectivity index (χ3v) is 3.09. The predicted octanol–water partition coefficient (Wildman–Crippen LogP) is 1.75. The molecule has 1 heterocycles. The third-order valence-electron chi connectivity index (χ3n) is 3.09. The molecule has 20 heavy (non-hydrogen) atoms. The van der Waals surface area contributed by atoms with Crippen LogP contribution >= 0.6 is 0 Å². The van der Waals surface area contributed by atoms with Crippen LogP contribution in [0.5, 0.6) is 5.75 Å². The van der Waals surface area contributed by atoms with Crippen molar-refractivity contribution in [1.29, 1.82) is 0 Å². The zero-order valence-electron chi connectivity index (χ0n) is 11.6. The van der Waals surface area contributed by atoms with Crippen LogP contribution in [-0.4, -0.2) is 36.7 Å². The van der Waals surface area contributed by atoms with Crippen molar-refractivity contribution in [2.75, 3.05) is 25.2 Å². The average Bonchev–Trinajstić information content (AvgIpc) is 2.38. The van der Waals surface area contributed by atoms with Gasteiger partial charge in [-0.2, -0.15) is 0 Å². The van der Waals surface area contributed by atoms with E-state index in [0.29, 0.717) is 24.6 Å². The second-order valence-corrected chi connectivity index (χ2v) is 4.97. The predicted molar refractivity (Wildman–Crippen MR) is 72.0 cm³/mol. The summed E-state index contributed by atoms with van der Waals surface area (Å²) in [5.74, 6) is 0.207. The van der Waals surface area contributed by atoms with Gasteiger partial charge in [0.05, 0.1) is 17.2 Å². The molecule has 108 valence electrons. The van der Waals surface area contributed by atoms with Gasteiger partial charge < -0.3 is 14.4 Å². The van der Waals surface area contributed by atoms with E-state index in [-0.39, 0.29) is 11.6 Å². The zero-order chi connectivity index (χ0) is 14.9. The van der Waals surface area contributed by atoms with E-state index in [4.69, 9.17) is 9.47 Å². The summed E-state index contributed by atoms with van der Waals surface area (Å²) in [5.41, 5.74) is -0.681. The van der Waals surface area contributed by atoms with Gasteiger partial charge in [-0.05, 0) is 19.9 Å². The molecule has 0 saturated carbocycles. The minimum atomic E-state index is -1.00. The fraction of sp³-hybridized carbons (Fsp3) is 0.462. The number of hydrogen-bond acceptors (Lipinski definition) is 5. The van der Waals surface area contributed by atoms with Gasteiger partial charge in [-0.25, -0.2) is 0 Å². The molecule has 1 aliphatic rings. The molecule has 2 rings (SSSR count). The number of carbonyl (C=O) groups is 1. The SMILES string of the molecule is COCCN1C(=O)C(C)(C)Oc2ccc([N+](=O)[O-])cc21. The number of non-ortho nitro benzene ring substituents is 1. The first kappa shape index (κ1) is 14.3. The molecule has 7 heteroatoms. The normalized spacial score (nSPS) is 16.6. The topological polar surface area (TPSA) is 81.9 Å². The maximum atomic E-state index is 12.4. The van der Waals surface area contributed by atoms with Crippen molar-refractivity contribution in [1.82, 2.24) is 0 Å². The molecular weight excluding hydrogens is 264 g/mol. The van der Waals surface area contributed by atoms with Gasteiger partial charge in [0.25, 0.3) is 11.6 Å². The number of nitro groups is 1. The summed E-state index contributed by atoms with van der Waals surface area (Å²) in [6, 6.07) is 4.22. The number of nitro benzene ring substituents is 1. The monoisotopic (exact) mass is 280 g/mol. The Kier molecular flexibility index (Phi) is 3.63. The molecule has 0 saturated heterocycles. The molecule has 1 aromatic carbocycles. The molecule has 0 aliphatic carbocycles. The zero-order valence-corrected chi connectivity index (χ0v) is 11.6. The van der Waals surface area contributed by atoms with Gasteiger partial charge in [0, 0.05) is 25.8 Å². The molecule has 0 atom stereocenters. The van der Waals surface area contributed by atoms with E-state index >= 15 is 0 Å². The number of fused-ring (bicyclic) bond motifs is 1. The number of rotatable bonds is 4. The second kappa shape index (κ2) is 5.09. The van der Waals surface area contributed by atoms with Crippen LogP contribution in [0.3, 0.4) is 0 Å². The van der Waals surface area contributed by atoms with E-state index in [9.17, 15) is 14.9 Å². The second-order valence-electron chi connectivity index (χ2n) is 4.97. The van der Waals surface area contributed by atoms with Crippen LogP contribution in [0.1, 0.15) is 13.8 Å². The van der Waals surface area contributed by atoms with Crippen molar-refractivity contribution in [3.63, 3.8) is 0 Å². The number of amides is 1. The molecule has 1 aromatic rings. The number of ether oxygens (including phenoxy) is 2. The lowest BCUT2D eigenvalue weighted by molar-refractivity contribution is -0.384. The van der Waals surface area contributed by atoms with Gasteiger partial charge in [-0.15, -0.1) is 0 Å². The van der Waals surface area contributed by atoms with Crippen LogP contribution in [0, 0.1) is 10.1 Å². The van der Waals surface area contributed by atoms with Crippen molar-refractivity contribution < 1.29 is 19.2 Å². The Morgan fingerprint density at radius 3 is 2.75 bits per heavy atom. The minimum Gasteiger partial charge on any atom is -0.476 e. The number of hydrogen-bond donors (Lipinski definition) is 0. The minimum absolute atomic E-state index is 0.0812. The Balaban J connectivity index is 2.47. The highest BCUT2D eigenvalue weighted by Crippen LogP contribution is 2.39. The standard InChI is InChI=1S/C13H16N2O5/c1-13(2)12(16)14(6-7-19-3)10-8-9(15(17)18)4-5-11(10)20-13/h4-5,8H,6-7H2,1-3H3. The van der Waals surface area contributed by atoms with Gasteiger partial charge in [0.15, 0.2) is 5.60 Å². The molecule has 1 amide bonds. The summed E-state index contributed by atoms with van der Waals surface area (Å²) in [7, 11) is 1.53. The lowest BCUT2D eigenvalue weighted by Gasteiger charge is -2.38. The summed E-state index contributed by atoms with van der Waals surface area (Å²) < 4.78 is 10.6. The summed E-state index contributed by atoms with van der Waals surface area (Å²) in [6.07, 6.45) is 0. The number of nitrogens with zero attached hydrogens (tertiary/aromatic N) is 2. The summed E-state index contributed by atoms with van der Waals surface area (Å²) in [6.45, 7) is 3.99. The average molecular weight is 280 g/mol. The first-order chi connectivity index (χ1) is 9.36. The molecule has 0 spiro atoms. The number of methoxy groups -OCH3 is 1. The Morgan fingerprint density at radius 1 is 1.45 bits per heavy atom. The van der Waals surface area contributed by atoms with E-state index in [2.05, 4.69) is 0 Å². The van der Waals surface area contributed by atoms with Crippen LogP contribution in [0.4, 0.5) is 11.4 Å². The van der Waals surface area contributed by atoms with Crippen LogP contribution in [0.2, 0.25) is 0 Å². The Labute approximate surface area is 116 Å². The maximum absolute atomic E-state index is 12.4. The first-order valence-corrected chi connectivity index (χ1v) is 6.15. The van der Waals surface area contributed by atoms with E-state index < -0.39 is 10.5 Å². The van der Waals surface area contributed by atoms with Crippen molar-refractivity contribution in [3.05, 3.63) is 28.3 Å².